The standard InChI is InChI=1S/C12H7ClFNO3/c13-8-2-1-3-10(6-8)18-12-5-4-9(15(16)17)7-11(12)14/h1-7H. The first-order valence-corrected chi connectivity index (χ1v) is 5.31. The van der Waals surface area contributed by atoms with Gasteiger partial charge in [0.1, 0.15) is 5.75 Å². The first kappa shape index (κ1) is 12.3. The van der Waals surface area contributed by atoms with Crippen LogP contribution < -0.4 is 4.74 Å². The normalized spacial score (nSPS) is 10.1. The molecule has 2 rings (SSSR count). The zero-order valence-corrected chi connectivity index (χ0v) is 9.73. The Morgan fingerprint density at radius 3 is 2.61 bits per heavy atom. The first-order valence-electron chi connectivity index (χ1n) is 4.93. The highest BCUT2D eigenvalue weighted by Crippen LogP contribution is 2.28. The molecule has 0 spiro atoms. The zero-order chi connectivity index (χ0) is 13.1. The molecular formula is C12H7ClFNO3. The summed E-state index contributed by atoms with van der Waals surface area (Å²) in [5.74, 6) is -0.540. The van der Waals surface area contributed by atoms with Crippen LogP contribution in [0.5, 0.6) is 11.5 Å². The van der Waals surface area contributed by atoms with Gasteiger partial charge in [0.25, 0.3) is 5.69 Å². The van der Waals surface area contributed by atoms with Gasteiger partial charge in [0, 0.05) is 11.1 Å². The summed E-state index contributed by atoms with van der Waals surface area (Å²) in [4.78, 5) is 9.77. The summed E-state index contributed by atoms with van der Waals surface area (Å²) in [6.07, 6.45) is 0. The largest absolute Gasteiger partial charge is 0.454 e. The Kier molecular flexibility index (Phi) is 3.43. The molecule has 0 fully saturated rings. The lowest BCUT2D eigenvalue weighted by atomic mass is 10.3. The molecule has 6 heteroatoms. The van der Waals surface area contributed by atoms with Crippen LogP contribution in [0.1, 0.15) is 0 Å². The molecule has 2 aromatic rings. The summed E-state index contributed by atoms with van der Waals surface area (Å²) in [6, 6.07) is 9.61. The number of hydrogen-bond donors (Lipinski definition) is 0. The molecule has 0 saturated heterocycles. The van der Waals surface area contributed by atoms with E-state index >= 15 is 0 Å². The fourth-order valence-corrected chi connectivity index (χ4v) is 1.52. The highest BCUT2D eigenvalue weighted by atomic mass is 35.5. The van der Waals surface area contributed by atoms with Crippen molar-refractivity contribution in [1.29, 1.82) is 0 Å². The fraction of sp³-hybridized carbons (Fsp3) is 0. The third-order valence-corrected chi connectivity index (χ3v) is 2.39. The number of non-ortho nitro benzene ring substituents is 1. The second kappa shape index (κ2) is 5.01. The molecule has 2 aromatic carbocycles. The van der Waals surface area contributed by atoms with E-state index in [1.54, 1.807) is 18.2 Å². The van der Waals surface area contributed by atoms with Gasteiger partial charge >= 0.3 is 0 Å². The van der Waals surface area contributed by atoms with Gasteiger partial charge in [-0.15, -0.1) is 0 Å². The predicted molar refractivity (Wildman–Crippen MR) is 64.6 cm³/mol. The highest BCUT2D eigenvalue weighted by molar-refractivity contribution is 6.30. The Morgan fingerprint density at radius 1 is 1.22 bits per heavy atom. The molecule has 4 nitrogen and oxygen atoms in total. The van der Waals surface area contributed by atoms with Crippen molar-refractivity contribution in [3.05, 3.63) is 63.4 Å². The van der Waals surface area contributed by atoms with Gasteiger partial charge in [0.2, 0.25) is 0 Å². The Morgan fingerprint density at radius 2 is 2.00 bits per heavy atom. The fourth-order valence-electron chi connectivity index (χ4n) is 1.34. The molecule has 0 heterocycles. The molecule has 0 aliphatic heterocycles. The number of ether oxygens (including phenoxy) is 1. The molecule has 0 bridgehead atoms. The first-order chi connectivity index (χ1) is 8.56. The van der Waals surface area contributed by atoms with Gasteiger partial charge in [-0.3, -0.25) is 10.1 Å². The van der Waals surface area contributed by atoms with Crippen molar-refractivity contribution in [3.63, 3.8) is 0 Å². The molecule has 0 aromatic heterocycles. The Labute approximate surface area is 107 Å². The summed E-state index contributed by atoms with van der Waals surface area (Å²) in [6.45, 7) is 0. The Hall–Kier alpha value is -2.14. The van der Waals surface area contributed by atoms with E-state index in [-0.39, 0.29) is 11.4 Å². The van der Waals surface area contributed by atoms with Crippen LogP contribution in [0.15, 0.2) is 42.5 Å². The van der Waals surface area contributed by atoms with Crippen LogP contribution >= 0.6 is 11.6 Å². The average Bonchev–Trinajstić information content (AvgIpc) is 2.31. The maximum Gasteiger partial charge on any atom is 0.272 e. The van der Waals surface area contributed by atoms with E-state index in [4.69, 9.17) is 16.3 Å². The van der Waals surface area contributed by atoms with Crippen LogP contribution in [-0.2, 0) is 0 Å². The third kappa shape index (κ3) is 2.75. The minimum absolute atomic E-state index is 0.0946. The van der Waals surface area contributed by atoms with E-state index in [0.717, 1.165) is 6.07 Å². The van der Waals surface area contributed by atoms with Crippen LogP contribution in [0.3, 0.4) is 0 Å². The van der Waals surface area contributed by atoms with Gasteiger partial charge in [0.05, 0.1) is 11.0 Å². The molecule has 92 valence electrons. The maximum atomic E-state index is 13.5. The van der Waals surface area contributed by atoms with Crippen molar-refractivity contribution in [2.24, 2.45) is 0 Å². The van der Waals surface area contributed by atoms with E-state index in [9.17, 15) is 14.5 Å². The molecule has 0 N–H and O–H groups in total. The van der Waals surface area contributed by atoms with E-state index in [2.05, 4.69) is 0 Å². The minimum Gasteiger partial charge on any atom is -0.454 e. The van der Waals surface area contributed by atoms with E-state index in [1.165, 1.54) is 18.2 Å². The number of nitro groups is 1. The van der Waals surface area contributed by atoms with Crippen LogP contribution in [0.4, 0.5) is 10.1 Å². The zero-order valence-electron chi connectivity index (χ0n) is 8.97. The van der Waals surface area contributed by atoms with Crippen molar-refractivity contribution in [2.45, 2.75) is 0 Å². The highest BCUT2D eigenvalue weighted by Gasteiger charge is 2.12. The van der Waals surface area contributed by atoms with Gasteiger partial charge in [-0.25, -0.2) is 4.39 Å². The van der Waals surface area contributed by atoms with Gasteiger partial charge in [-0.1, -0.05) is 17.7 Å². The number of hydrogen-bond acceptors (Lipinski definition) is 3. The number of benzene rings is 2. The van der Waals surface area contributed by atoms with Gasteiger partial charge in [-0.2, -0.15) is 0 Å². The quantitative estimate of drug-likeness (QED) is 0.619. The molecule has 0 radical (unpaired) electrons. The molecule has 18 heavy (non-hydrogen) atoms. The van der Waals surface area contributed by atoms with Crippen LogP contribution in [-0.4, -0.2) is 4.92 Å². The smallest absolute Gasteiger partial charge is 0.272 e. The van der Waals surface area contributed by atoms with E-state index in [0.29, 0.717) is 10.8 Å². The van der Waals surface area contributed by atoms with Crippen LogP contribution in [0, 0.1) is 15.9 Å². The number of rotatable bonds is 3. The molecule has 0 atom stereocenters. The van der Waals surface area contributed by atoms with Crippen molar-refractivity contribution in [2.75, 3.05) is 0 Å². The lowest BCUT2D eigenvalue weighted by molar-refractivity contribution is -0.385. The number of halogens is 2. The molecule has 0 saturated carbocycles. The monoisotopic (exact) mass is 267 g/mol. The predicted octanol–water partition coefficient (Wildman–Crippen LogP) is 4.18. The number of nitrogens with zero attached hydrogens (tertiary/aromatic N) is 1. The van der Waals surface area contributed by atoms with E-state index in [1.807, 2.05) is 0 Å². The second-order valence-electron chi connectivity index (χ2n) is 3.43. The van der Waals surface area contributed by atoms with Crippen LogP contribution in [0.25, 0.3) is 0 Å². The van der Waals surface area contributed by atoms with E-state index < -0.39 is 10.7 Å². The molecular weight excluding hydrogens is 261 g/mol. The lowest BCUT2D eigenvalue weighted by Crippen LogP contribution is -1.92. The summed E-state index contributed by atoms with van der Waals surface area (Å²) in [5, 5.41) is 10.9. The van der Waals surface area contributed by atoms with Crippen molar-refractivity contribution < 1.29 is 14.1 Å². The average molecular weight is 268 g/mol. The lowest BCUT2D eigenvalue weighted by Gasteiger charge is -2.06. The van der Waals surface area contributed by atoms with Crippen molar-refractivity contribution >= 4 is 17.3 Å². The second-order valence-corrected chi connectivity index (χ2v) is 3.87. The number of nitro benzene ring substituents is 1. The minimum atomic E-state index is -0.802. The summed E-state index contributed by atoms with van der Waals surface area (Å²) in [7, 11) is 0. The summed E-state index contributed by atoms with van der Waals surface area (Å²) in [5.41, 5.74) is -0.328. The topological polar surface area (TPSA) is 52.4 Å². The Bertz CT molecular complexity index is 604. The van der Waals surface area contributed by atoms with Crippen LogP contribution in [0.2, 0.25) is 5.02 Å². The third-order valence-electron chi connectivity index (χ3n) is 2.15. The van der Waals surface area contributed by atoms with Crippen molar-refractivity contribution in [3.8, 4) is 11.5 Å². The molecule has 0 unspecified atom stereocenters. The SMILES string of the molecule is O=[N+]([O-])c1ccc(Oc2cccc(Cl)c2)c(F)c1. The molecule has 0 aliphatic rings. The summed E-state index contributed by atoms with van der Waals surface area (Å²) >= 11 is 5.75. The molecule has 0 amide bonds. The van der Waals surface area contributed by atoms with Gasteiger partial charge < -0.3 is 4.74 Å². The summed E-state index contributed by atoms with van der Waals surface area (Å²) < 4.78 is 18.8. The Balaban J connectivity index is 2.27. The van der Waals surface area contributed by atoms with Crippen molar-refractivity contribution in [1.82, 2.24) is 0 Å². The van der Waals surface area contributed by atoms with Gasteiger partial charge in [0.15, 0.2) is 11.6 Å². The molecule has 0 aliphatic carbocycles. The maximum absolute atomic E-state index is 13.5. The van der Waals surface area contributed by atoms with Gasteiger partial charge in [-0.05, 0) is 24.3 Å².